The molecule has 2 N–H and O–H groups in total. The Bertz CT molecular complexity index is 224. The number of hydrogen-bond acceptors (Lipinski definition) is 3. The number of aliphatic hydroxyl groups excluding tert-OH is 2. The maximum absolute atomic E-state index is 9.41. The number of ether oxygens (including phenoxy) is 1. The third kappa shape index (κ3) is 1.77. The summed E-state index contributed by atoms with van der Waals surface area (Å²) in [5, 5.41) is 18.8. The van der Waals surface area contributed by atoms with Gasteiger partial charge in [0.15, 0.2) is 6.29 Å². The van der Waals surface area contributed by atoms with Gasteiger partial charge in [0.05, 0.1) is 12.2 Å². The molecule has 0 radical (unpaired) electrons. The molecule has 0 aromatic rings. The second kappa shape index (κ2) is 3.40. The number of aliphatic hydroxyl groups is 2. The first-order valence-electron chi connectivity index (χ1n) is 4.88. The van der Waals surface area contributed by atoms with Gasteiger partial charge < -0.3 is 14.9 Å². The van der Waals surface area contributed by atoms with E-state index >= 15 is 0 Å². The summed E-state index contributed by atoms with van der Waals surface area (Å²) in [5.74, 6) is 0.390. The summed E-state index contributed by atoms with van der Waals surface area (Å²) in [5.41, 5.74) is 1.26. The quantitative estimate of drug-likeness (QED) is 0.548. The average Bonchev–Trinajstić information content (AvgIpc) is 2.02. The van der Waals surface area contributed by atoms with Crippen molar-refractivity contribution < 1.29 is 14.9 Å². The van der Waals surface area contributed by atoms with E-state index in [1.807, 2.05) is 0 Å². The minimum Gasteiger partial charge on any atom is -0.393 e. The number of fused-ring (bicyclic) bond motifs is 1. The SMILES string of the molecule is CC1CC(O)OC2CC(O)CC=C12. The molecule has 1 saturated heterocycles. The molecule has 74 valence electrons. The molecular formula is C10H16O3. The zero-order valence-electron chi connectivity index (χ0n) is 7.81. The lowest BCUT2D eigenvalue weighted by Crippen LogP contribution is -2.38. The summed E-state index contributed by atoms with van der Waals surface area (Å²) in [6.07, 6.45) is 3.10. The highest BCUT2D eigenvalue weighted by Crippen LogP contribution is 2.34. The van der Waals surface area contributed by atoms with Crippen LogP contribution in [-0.2, 0) is 4.74 Å². The van der Waals surface area contributed by atoms with Crippen LogP contribution < -0.4 is 0 Å². The second-order valence-corrected chi connectivity index (χ2v) is 4.05. The second-order valence-electron chi connectivity index (χ2n) is 4.05. The van der Waals surface area contributed by atoms with Crippen molar-refractivity contribution in [2.75, 3.05) is 0 Å². The van der Waals surface area contributed by atoms with Crippen molar-refractivity contribution >= 4 is 0 Å². The lowest BCUT2D eigenvalue weighted by Gasteiger charge is -2.37. The molecule has 13 heavy (non-hydrogen) atoms. The molecule has 1 heterocycles. The summed E-state index contributed by atoms with van der Waals surface area (Å²) >= 11 is 0. The predicted molar refractivity (Wildman–Crippen MR) is 48.0 cm³/mol. The van der Waals surface area contributed by atoms with Crippen molar-refractivity contribution in [3.63, 3.8) is 0 Å². The van der Waals surface area contributed by atoms with E-state index in [9.17, 15) is 10.2 Å². The van der Waals surface area contributed by atoms with Crippen molar-refractivity contribution in [3.05, 3.63) is 11.6 Å². The van der Waals surface area contributed by atoms with Crippen LogP contribution in [0.25, 0.3) is 0 Å². The summed E-state index contributed by atoms with van der Waals surface area (Å²) in [6.45, 7) is 2.10. The Morgan fingerprint density at radius 3 is 2.92 bits per heavy atom. The molecule has 1 aliphatic heterocycles. The van der Waals surface area contributed by atoms with E-state index in [0.29, 0.717) is 18.8 Å². The van der Waals surface area contributed by atoms with Gasteiger partial charge in [0.1, 0.15) is 0 Å². The fourth-order valence-corrected chi connectivity index (χ4v) is 2.22. The lowest BCUT2D eigenvalue weighted by atomic mass is 9.83. The molecule has 4 atom stereocenters. The van der Waals surface area contributed by atoms with Crippen LogP contribution in [0.1, 0.15) is 26.2 Å². The van der Waals surface area contributed by atoms with Gasteiger partial charge >= 0.3 is 0 Å². The molecule has 0 spiro atoms. The first kappa shape index (κ1) is 9.19. The Morgan fingerprint density at radius 2 is 2.15 bits per heavy atom. The fraction of sp³-hybridized carbons (Fsp3) is 0.800. The van der Waals surface area contributed by atoms with Crippen LogP contribution in [0, 0.1) is 5.92 Å². The van der Waals surface area contributed by atoms with E-state index in [0.717, 1.165) is 6.42 Å². The van der Waals surface area contributed by atoms with Crippen molar-refractivity contribution in [2.24, 2.45) is 5.92 Å². The fourth-order valence-electron chi connectivity index (χ4n) is 2.22. The van der Waals surface area contributed by atoms with Gasteiger partial charge in [-0.3, -0.25) is 0 Å². The van der Waals surface area contributed by atoms with Crippen molar-refractivity contribution in [3.8, 4) is 0 Å². The molecule has 3 heteroatoms. The topological polar surface area (TPSA) is 49.7 Å². The molecule has 2 rings (SSSR count). The highest BCUT2D eigenvalue weighted by Gasteiger charge is 2.33. The van der Waals surface area contributed by atoms with Crippen LogP contribution in [0.15, 0.2) is 11.6 Å². The van der Waals surface area contributed by atoms with E-state index in [4.69, 9.17) is 4.74 Å². The molecule has 0 bridgehead atoms. The molecule has 0 aromatic carbocycles. The van der Waals surface area contributed by atoms with Gasteiger partial charge in [-0.05, 0) is 17.9 Å². The summed E-state index contributed by atoms with van der Waals surface area (Å²) in [6, 6.07) is 0. The van der Waals surface area contributed by atoms with E-state index in [2.05, 4.69) is 13.0 Å². The van der Waals surface area contributed by atoms with E-state index in [-0.39, 0.29) is 12.2 Å². The Balaban J connectivity index is 2.15. The van der Waals surface area contributed by atoms with Crippen LogP contribution in [0.5, 0.6) is 0 Å². The minimum atomic E-state index is -0.651. The Hall–Kier alpha value is -0.380. The maximum Gasteiger partial charge on any atom is 0.155 e. The van der Waals surface area contributed by atoms with Gasteiger partial charge in [0, 0.05) is 12.8 Å². The van der Waals surface area contributed by atoms with Crippen LogP contribution in [0.4, 0.5) is 0 Å². The van der Waals surface area contributed by atoms with Gasteiger partial charge in [-0.2, -0.15) is 0 Å². The minimum absolute atomic E-state index is 0.0532. The molecule has 0 saturated carbocycles. The first-order valence-corrected chi connectivity index (χ1v) is 4.88. The third-order valence-corrected chi connectivity index (χ3v) is 2.93. The van der Waals surface area contributed by atoms with Gasteiger partial charge in [0.2, 0.25) is 0 Å². The summed E-state index contributed by atoms with van der Waals surface area (Å²) in [4.78, 5) is 0. The third-order valence-electron chi connectivity index (χ3n) is 2.93. The summed E-state index contributed by atoms with van der Waals surface area (Å²) in [7, 11) is 0. The lowest BCUT2D eigenvalue weighted by molar-refractivity contribution is -0.162. The number of hydrogen-bond donors (Lipinski definition) is 2. The Morgan fingerprint density at radius 1 is 1.38 bits per heavy atom. The van der Waals surface area contributed by atoms with E-state index in [1.54, 1.807) is 0 Å². The monoisotopic (exact) mass is 184 g/mol. The largest absolute Gasteiger partial charge is 0.393 e. The van der Waals surface area contributed by atoms with E-state index < -0.39 is 6.29 Å². The van der Waals surface area contributed by atoms with Crippen LogP contribution in [0.2, 0.25) is 0 Å². The van der Waals surface area contributed by atoms with Gasteiger partial charge in [0.25, 0.3) is 0 Å². The molecule has 3 nitrogen and oxygen atoms in total. The van der Waals surface area contributed by atoms with Crippen molar-refractivity contribution in [2.45, 2.75) is 44.7 Å². The molecule has 0 amide bonds. The van der Waals surface area contributed by atoms with Crippen molar-refractivity contribution in [1.82, 2.24) is 0 Å². The van der Waals surface area contributed by atoms with Gasteiger partial charge in [-0.25, -0.2) is 0 Å². The number of rotatable bonds is 0. The molecule has 1 aliphatic carbocycles. The predicted octanol–water partition coefficient (Wildman–Crippen LogP) is 0.811. The molecule has 1 fully saturated rings. The van der Waals surface area contributed by atoms with Crippen molar-refractivity contribution in [1.29, 1.82) is 0 Å². The highest BCUT2D eigenvalue weighted by molar-refractivity contribution is 5.17. The molecular weight excluding hydrogens is 168 g/mol. The molecule has 4 unspecified atom stereocenters. The standard InChI is InChI=1S/C10H16O3/c1-6-4-10(12)13-9-5-7(11)2-3-8(6)9/h3,6-7,9-12H,2,4-5H2,1H3. The zero-order chi connectivity index (χ0) is 9.42. The van der Waals surface area contributed by atoms with Gasteiger partial charge in [-0.1, -0.05) is 13.0 Å². The zero-order valence-corrected chi connectivity index (χ0v) is 7.81. The maximum atomic E-state index is 9.41. The Kier molecular flexibility index (Phi) is 2.41. The summed E-state index contributed by atoms with van der Waals surface area (Å²) < 4.78 is 5.36. The first-order chi connectivity index (χ1) is 6.16. The highest BCUT2D eigenvalue weighted by atomic mass is 16.6. The van der Waals surface area contributed by atoms with Crippen LogP contribution in [-0.4, -0.2) is 28.7 Å². The smallest absolute Gasteiger partial charge is 0.155 e. The van der Waals surface area contributed by atoms with Gasteiger partial charge in [-0.15, -0.1) is 0 Å². The average molecular weight is 184 g/mol. The normalized spacial score (nSPS) is 45.3. The Labute approximate surface area is 78.0 Å². The molecule has 2 aliphatic rings. The van der Waals surface area contributed by atoms with Crippen LogP contribution >= 0.6 is 0 Å². The van der Waals surface area contributed by atoms with E-state index in [1.165, 1.54) is 5.57 Å². The molecule has 0 aromatic heterocycles. The van der Waals surface area contributed by atoms with Crippen LogP contribution in [0.3, 0.4) is 0 Å².